The minimum absolute atomic E-state index is 0.271. The molecule has 0 bridgehead atoms. The van der Waals surface area contributed by atoms with Crippen molar-refractivity contribution in [3.8, 4) is 11.1 Å². The number of rotatable bonds is 4. The van der Waals surface area contributed by atoms with E-state index in [0.717, 1.165) is 5.56 Å². The molecule has 0 fully saturated rings. The number of halogens is 1. The third-order valence-electron chi connectivity index (χ3n) is 4.43. The minimum Gasteiger partial charge on any atom is -0.479 e. The largest absolute Gasteiger partial charge is 0.479 e. The Bertz CT molecular complexity index is 1090. The maximum Gasteiger partial charge on any atom is 0.339 e. The summed E-state index contributed by atoms with van der Waals surface area (Å²) in [4.78, 5) is 25.1. The zero-order chi connectivity index (χ0) is 20.6. The molecule has 0 saturated heterocycles. The molecule has 3 rings (SSSR count). The maximum absolute atomic E-state index is 13.0. The molecule has 1 N–H and O–H groups in total. The monoisotopic (exact) mass is 399 g/mol. The van der Waals surface area contributed by atoms with Gasteiger partial charge < -0.3 is 14.4 Å². The summed E-state index contributed by atoms with van der Waals surface area (Å²) in [6.07, 6.45) is -1.31. The molecule has 0 amide bonds. The van der Waals surface area contributed by atoms with Gasteiger partial charge in [0, 0.05) is 23.0 Å². The van der Waals surface area contributed by atoms with E-state index in [-0.39, 0.29) is 5.56 Å². The van der Waals surface area contributed by atoms with Crippen molar-refractivity contribution in [2.75, 3.05) is 0 Å². The van der Waals surface area contributed by atoms with Crippen LogP contribution in [0.25, 0.3) is 21.9 Å². The van der Waals surface area contributed by atoms with Crippen LogP contribution in [0, 0.1) is 0 Å². The average molecular weight is 400 g/mol. The molecule has 5 nitrogen and oxygen atoms in total. The van der Waals surface area contributed by atoms with Gasteiger partial charge in [0.05, 0.1) is 11.3 Å². The molecule has 6 heteroatoms. The molecule has 1 heterocycles. The highest BCUT2D eigenvalue weighted by molar-refractivity contribution is 6.30. The Labute approximate surface area is 168 Å². The van der Waals surface area contributed by atoms with Gasteiger partial charge in [0.25, 0.3) is 5.56 Å². The number of carboxylic acids is 1. The second-order valence-electron chi connectivity index (χ2n) is 7.63. The Morgan fingerprint density at radius 3 is 2.18 bits per heavy atom. The number of hydrogen-bond acceptors (Lipinski definition) is 3. The van der Waals surface area contributed by atoms with Gasteiger partial charge in [-0.15, -0.1) is 0 Å². The molecular weight excluding hydrogens is 378 g/mol. The highest BCUT2D eigenvalue weighted by Gasteiger charge is 2.32. The van der Waals surface area contributed by atoms with E-state index in [4.69, 9.17) is 16.3 Å². The van der Waals surface area contributed by atoms with Crippen LogP contribution in [0.4, 0.5) is 0 Å². The van der Waals surface area contributed by atoms with Crippen molar-refractivity contribution < 1.29 is 14.6 Å². The molecule has 0 aliphatic rings. The van der Waals surface area contributed by atoms with Crippen LogP contribution in [0.5, 0.6) is 0 Å². The second-order valence-corrected chi connectivity index (χ2v) is 8.06. The lowest BCUT2D eigenvalue weighted by atomic mass is 9.94. The Kier molecular flexibility index (Phi) is 5.33. The summed E-state index contributed by atoms with van der Waals surface area (Å²) in [5, 5.41) is 11.7. The van der Waals surface area contributed by atoms with Gasteiger partial charge in [0.1, 0.15) is 0 Å². The van der Waals surface area contributed by atoms with Gasteiger partial charge in [0.2, 0.25) is 0 Å². The highest BCUT2D eigenvalue weighted by atomic mass is 35.5. The second kappa shape index (κ2) is 7.41. The van der Waals surface area contributed by atoms with E-state index in [9.17, 15) is 14.7 Å². The first-order valence-corrected chi connectivity index (χ1v) is 9.26. The molecule has 0 aliphatic carbocycles. The number of hydrogen-bond donors (Lipinski definition) is 1. The molecule has 0 radical (unpaired) electrons. The summed E-state index contributed by atoms with van der Waals surface area (Å²) < 4.78 is 7.24. The van der Waals surface area contributed by atoms with E-state index in [1.54, 1.807) is 52.1 Å². The third kappa shape index (κ3) is 3.81. The quantitative estimate of drug-likeness (QED) is 0.684. The van der Waals surface area contributed by atoms with Crippen molar-refractivity contribution in [3.63, 3.8) is 0 Å². The topological polar surface area (TPSA) is 68.5 Å². The molecule has 28 heavy (non-hydrogen) atoms. The molecule has 1 atom stereocenters. The fourth-order valence-electron chi connectivity index (χ4n) is 3.29. The standard InChI is InChI=1S/C22H22ClNO4/c1-22(2,3)28-19(21(26)27)18-17(13-9-11-14(23)12-10-13)15-7-5-6-8-16(15)20(25)24(18)4/h5-12,19H,1-4H3,(H,26,27). The molecule has 2 aromatic carbocycles. The van der Waals surface area contributed by atoms with Crippen molar-refractivity contribution in [1.29, 1.82) is 0 Å². The highest BCUT2D eigenvalue weighted by Crippen LogP contribution is 2.37. The smallest absolute Gasteiger partial charge is 0.339 e. The zero-order valence-electron chi connectivity index (χ0n) is 16.2. The van der Waals surface area contributed by atoms with E-state index >= 15 is 0 Å². The van der Waals surface area contributed by atoms with Crippen LogP contribution in [0.3, 0.4) is 0 Å². The van der Waals surface area contributed by atoms with E-state index in [0.29, 0.717) is 27.1 Å². The number of carboxylic acid groups (broad SMARTS) is 1. The van der Waals surface area contributed by atoms with Gasteiger partial charge in [0.15, 0.2) is 6.10 Å². The fraction of sp³-hybridized carbons (Fsp3) is 0.273. The Morgan fingerprint density at radius 1 is 1.07 bits per heavy atom. The molecule has 0 saturated carbocycles. The van der Waals surface area contributed by atoms with Gasteiger partial charge in [-0.05, 0) is 49.9 Å². The van der Waals surface area contributed by atoms with Gasteiger partial charge in [-0.2, -0.15) is 0 Å². The number of carbonyl (C=O) groups is 1. The van der Waals surface area contributed by atoms with Crippen molar-refractivity contribution >= 4 is 28.3 Å². The van der Waals surface area contributed by atoms with Crippen molar-refractivity contribution in [3.05, 3.63) is 69.6 Å². The predicted octanol–water partition coefficient (Wildman–Crippen LogP) is 4.80. The lowest BCUT2D eigenvalue weighted by Gasteiger charge is -2.28. The summed E-state index contributed by atoms with van der Waals surface area (Å²) in [6.45, 7) is 5.35. The van der Waals surface area contributed by atoms with Crippen LogP contribution in [0.2, 0.25) is 5.02 Å². The fourth-order valence-corrected chi connectivity index (χ4v) is 3.41. The first-order chi connectivity index (χ1) is 13.1. The third-order valence-corrected chi connectivity index (χ3v) is 4.68. The Balaban J connectivity index is 2.45. The van der Waals surface area contributed by atoms with Crippen LogP contribution in [0.1, 0.15) is 32.6 Å². The zero-order valence-corrected chi connectivity index (χ0v) is 16.9. The summed E-state index contributed by atoms with van der Waals surface area (Å²) in [5.41, 5.74) is 0.712. The summed E-state index contributed by atoms with van der Waals surface area (Å²) in [6, 6.07) is 14.3. The number of pyridine rings is 1. The van der Waals surface area contributed by atoms with E-state index in [2.05, 4.69) is 0 Å². The van der Waals surface area contributed by atoms with Gasteiger partial charge in [-0.25, -0.2) is 4.79 Å². The van der Waals surface area contributed by atoms with Gasteiger partial charge in [-0.3, -0.25) is 4.79 Å². The summed E-state index contributed by atoms with van der Waals surface area (Å²) in [7, 11) is 1.57. The predicted molar refractivity (Wildman–Crippen MR) is 111 cm³/mol. The Hall–Kier alpha value is -2.63. The van der Waals surface area contributed by atoms with E-state index in [1.165, 1.54) is 4.57 Å². The normalized spacial score (nSPS) is 12.9. The van der Waals surface area contributed by atoms with Crippen LogP contribution in [-0.2, 0) is 16.6 Å². The number of ether oxygens (including phenoxy) is 1. The molecule has 1 aromatic heterocycles. The van der Waals surface area contributed by atoms with Gasteiger partial charge >= 0.3 is 5.97 Å². The van der Waals surface area contributed by atoms with Crippen molar-refractivity contribution in [1.82, 2.24) is 4.57 Å². The average Bonchev–Trinajstić information content (AvgIpc) is 2.63. The van der Waals surface area contributed by atoms with Crippen molar-refractivity contribution in [2.45, 2.75) is 32.5 Å². The van der Waals surface area contributed by atoms with Crippen LogP contribution >= 0.6 is 11.6 Å². The maximum atomic E-state index is 13.0. The van der Waals surface area contributed by atoms with Crippen molar-refractivity contribution in [2.24, 2.45) is 7.05 Å². The minimum atomic E-state index is -1.31. The number of nitrogens with zero attached hydrogens (tertiary/aromatic N) is 1. The number of benzene rings is 2. The molecule has 0 spiro atoms. The van der Waals surface area contributed by atoms with E-state index in [1.807, 2.05) is 24.3 Å². The first-order valence-electron chi connectivity index (χ1n) is 8.88. The lowest BCUT2D eigenvalue weighted by molar-refractivity contribution is -0.161. The molecule has 146 valence electrons. The molecule has 1 unspecified atom stereocenters. The van der Waals surface area contributed by atoms with Crippen LogP contribution in [-0.4, -0.2) is 21.2 Å². The van der Waals surface area contributed by atoms with Crippen LogP contribution in [0.15, 0.2) is 53.3 Å². The number of fused-ring (bicyclic) bond motifs is 1. The molecule has 3 aromatic rings. The lowest BCUT2D eigenvalue weighted by Crippen LogP contribution is -2.32. The molecular formula is C22H22ClNO4. The summed E-state index contributed by atoms with van der Waals surface area (Å²) in [5.74, 6) is -1.16. The van der Waals surface area contributed by atoms with E-state index < -0.39 is 17.7 Å². The van der Waals surface area contributed by atoms with Gasteiger partial charge in [-0.1, -0.05) is 41.9 Å². The Morgan fingerprint density at radius 2 is 1.64 bits per heavy atom. The molecule has 0 aliphatic heterocycles. The number of aromatic nitrogens is 1. The summed E-state index contributed by atoms with van der Waals surface area (Å²) >= 11 is 6.04. The SMILES string of the molecule is Cn1c(C(OC(C)(C)C)C(=O)O)c(-c2ccc(Cl)cc2)c2ccccc2c1=O. The number of aliphatic carboxylic acids is 1. The van der Waals surface area contributed by atoms with Crippen LogP contribution < -0.4 is 5.56 Å². The first kappa shape index (κ1) is 20.1.